The van der Waals surface area contributed by atoms with Crippen molar-refractivity contribution in [2.45, 2.75) is 32.3 Å². The van der Waals surface area contributed by atoms with Crippen molar-refractivity contribution in [3.8, 4) is 0 Å². The number of ether oxygens (including phenoxy) is 1. The molecule has 2 N–H and O–H groups in total. The van der Waals surface area contributed by atoms with Gasteiger partial charge in [0.1, 0.15) is 6.10 Å². The molecule has 2 atom stereocenters. The van der Waals surface area contributed by atoms with E-state index >= 15 is 0 Å². The van der Waals surface area contributed by atoms with E-state index in [1.807, 2.05) is 0 Å². The summed E-state index contributed by atoms with van der Waals surface area (Å²) in [5.41, 5.74) is 4.83. The first-order valence-corrected chi connectivity index (χ1v) is 3.70. The van der Waals surface area contributed by atoms with E-state index in [1.54, 1.807) is 0 Å². The Morgan fingerprint density at radius 1 is 1.80 bits per heavy atom. The normalized spacial score (nSPS) is 29.7. The fourth-order valence-corrected chi connectivity index (χ4v) is 1.19. The topological polar surface area (TPSA) is 52.3 Å². The van der Waals surface area contributed by atoms with E-state index in [0.29, 0.717) is 5.92 Å². The van der Waals surface area contributed by atoms with E-state index in [1.165, 1.54) is 0 Å². The molecule has 0 aromatic heterocycles. The van der Waals surface area contributed by atoms with Crippen LogP contribution in [0.1, 0.15) is 26.2 Å². The van der Waals surface area contributed by atoms with Crippen LogP contribution in [-0.2, 0) is 4.74 Å². The maximum atomic E-state index is 10.2. The molecule has 0 spiro atoms. The van der Waals surface area contributed by atoms with Gasteiger partial charge in [0.25, 0.3) is 0 Å². The first-order chi connectivity index (χ1) is 4.74. The number of rotatable bonds is 3. The van der Waals surface area contributed by atoms with E-state index in [2.05, 4.69) is 6.92 Å². The number of amides is 1. The lowest BCUT2D eigenvalue weighted by Crippen LogP contribution is -2.15. The third-order valence-electron chi connectivity index (χ3n) is 1.78. The lowest BCUT2D eigenvalue weighted by atomic mass is 10.2. The second-order valence-corrected chi connectivity index (χ2v) is 2.76. The predicted octanol–water partition coefficient (Wildman–Crippen LogP) is 1.27. The maximum absolute atomic E-state index is 10.2. The minimum absolute atomic E-state index is 0.137. The molecule has 1 aliphatic carbocycles. The summed E-state index contributed by atoms with van der Waals surface area (Å²) in [6.07, 6.45) is 2.82. The summed E-state index contributed by atoms with van der Waals surface area (Å²) in [5.74, 6) is 0.595. The molecular formula is C7H13NO2. The van der Waals surface area contributed by atoms with Crippen LogP contribution in [0.5, 0.6) is 0 Å². The van der Waals surface area contributed by atoms with Gasteiger partial charge in [-0.1, -0.05) is 13.3 Å². The fraction of sp³-hybridized carbons (Fsp3) is 0.857. The van der Waals surface area contributed by atoms with Crippen molar-refractivity contribution in [1.82, 2.24) is 0 Å². The summed E-state index contributed by atoms with van der Waals surface area (Å²) >= 11 is 0. The van der Waals surface area contributed by atoms with Crippen molar-refractivity contribution in [2.75, 3.05) is 0 Å². The van der Waals surface area contributed by atoms with Gasteiger partial charge in [-0.15, -0.1) is 0 Å². The standard InChI is InChI=1S/C7H13NO2/c1-2-3-5-4-6(5)10-7(8)9/h5-6H,2-4H2,1H3,(H2,8,9)/t5-,6?/m0/s1. The highest BCUT2D eigenvalue weighted by molar-refractivity contribution is 5.65. The molecule has 0 heterocycles. The van der Waals surface area contributed by atoms with Crippen LogP contribution in [0.2, 0.25) is 0 Å². The van der Waals surface area contributed by atoms with E-state index in [-0.39, 0.29) is 6.10 Å². The fourth-order valence-electron chi connectivity index (χ4n) is 1.19. The summed E-state index contributed by atoms with van der Waals surface area (Å²) in [4.78, 5) is 10.2. The minimum Gasteiger partial charge on any atom is -0.446 e. The van der Waals surface area contributed by atoms with Crippen LogP contribution in [0.25, 0.3) is 0 Å². The second-order valence-electron chi connectivity index (χ2n) is 2.76. The molecular weight excluding hydrogens is 130 g/mol. The van der Waals surface area contributed by atoms with Gasteiger partial charge in [-0.05, 0) is 18.8 Å². The lowest BCUT2D eigenvalue weighted by Gasteiger charge is -1.97. The molecule has 0 aromatic rings. The highest BCUT2D eigenvalue weighted by Crippen LogP contribution is 2.37. The Balaban J connectivity index is 2.07. The van der Waals surface area contributed by atoms with Crippen molar-refractivity contribution in [2.24, 2.45) is 11.7 Å². The monoisotopic (exact) mass is 143 g/mol. The molecule has 3 heteroatoms. The molecule has 58 valence electrons. The Hall–Kier alpha value is -0.730. The van der Waals surface area contributed by atoms with Gasteiger partial charge in [0.05, 0.1) is 0 Å². The number of carbonyl (C=O) groups excluding carboxylic acids is 1. The SMILES string of the molecule is CCC[C@H]1CC1OC(N)=O. The molecule has 1 unspecified atom stereocenters. The van der Waals surface area contributed by atoms with Gasteiger partial charge in [-0.3, -0.25) is 0 Å². The third kappa shape index (κ3) is 1.90. The van der Waals surface area contributed by atoms with Gasteiger partial charge in [0, 0.05) is 0 Å². The highest BCUT2D eigenvalue weighted by atomic mass is 16.6. The first-order valence-electron chi connectivity index (χ1n) is 3.70. The number of carbonyl (C=O) groups is 1. The Morgan fingerprint density at radius 3 is 3.00 bits per heavy atom. The van der Waals surface area contributed by atoms with Crippen LogP contribution in [-0.4, -0.2) is 12.2 Å². The average Bonchev–Trinajstić information content (AvgIpc) is 2.47. The largest absolute Gasteiger partial charge is 0.446 e. The van der Waals surface area contributed by atoms with Crippen molar-refractivity contribution in [3.05, 3.63) is 0 Å². The van der Waals surface area contributed by atoms with Gasteiger partial charge < -0.3 is 10.5 Å². The highest BCUT2D eigenvalue weighted by Gasteiger charge is 2.39. The molecule has 1 fully saturated rings. The van der Waals surface area contributed by atoms with Gasteiger partial charge in [-0.25, -0.2) is 4.79 Å². The van der Waals surface area contributed by atoms with E-state index < -0.39 is 6.09 Å². The van der Waals surface area contributed by atoms with Crippen LogP contribution in [0.4, 0.5) is 4.79 Å². The molecule has 10 heavy (non-hydrogen) atoms. The molecule has 0 aliphatic heterocycles. The first kappa shape index (κ1) is 7.38. The van der Waals surface area contributed by atoms with Crippen LogP contribution >= 0.6 is 0 Å². The summed E-state index contributed by atoms with van der Waals surface area (Å²) < 4.78 is 4.77. The van der Waals surface area contributed by atoms with Crippen molar-refractivity contribution < 1.29 is 9.53 Å². The molecule has 1 rings (SSSR count). The second kappa shape index (κ2) is 2.90. The predicted molar refractivity (Wildman–Crippen MR) is 37.5 cm³/mol. The zero-order valence-corrected chi connectivity index (χ0v) is 6.17. The van der Waals surface area contributed by atoms with Crippen LogP contribution in [0.15, 0.2) is 0 Å². The Labute approximate surface area is 60.5 Å². The summed E-state index contributed by atoms with van der Waals surface area (Å²) in [7, 11) is 0. The molecule has 1 aliphatic rings. The maximum Gasteiger partial charge on any atom is 0.404 e. The zero-order valence-electron chi connectivity index (χ0n) is 6.17. The third-order valence-corrected chi connectivity index (χ3v) is 1.78. The number of primary amides is 1. The molecule has 0 bridgehead atoms. The van der Waals surface area contributed by atoms with Gasteiger partial charge in [0.15, 0.2) is 0 Å². The van der Waals surface area contributed by atoms with Crippen LogP contribution < -0.4 is 5.73 Å². The minimum atomic E-state index is -0.636. The molecule has 0 radical (unpaired) electrons. The molecule has 3 nitrogen and oxygen atoms in total. The van der Waals surface area contributed by atoms with E-state index in [0.717, 1.165) is 19.3 Å². The van der Waals surface area contributed by atoms with Gasteiger partial charge in [-0.2, -0.15) is 0 Å². The number of hydrogen-bond acceptors (Lipinski definition) is 2. The zero-order chi connectivity index (χ0) is 7.56. The molecule has 1 saturated carbocycles. The summed E-state index contributed by atoms with van der Waals surface area (Å²) in [5, 5.41) is 0. The van der Waals surface area contributed by atoms with E-state index in [9.17, 15) is 4.79 Å². The van der Waals surface area contributed by atoms with Crippen LogP contribution in [0.3, 0.4) is 0 Å². The Kier molecular flexibility index (Phi) is 2.14. The van der Waals surface area contributed by atoms with Crippen LogP contribution in [0, 0.1) is 5.92 Å². The Bertz CT molecular complexity index is 136. The quantitative estimate of drug-likeness (QED) is 0.646. The molecule has 0 saturated heterocycles. The van der Waals surface area contributed by atoms with Crippen molar-refractivity contribution in [3.63, 3.8) is 0 Å². The number of nitrogens with two attached hydrogens (primary N) is 1. The number of hydrogen-bond donors (Lipinski definition) is 1. The average molecular weight is 143 g/mol. The molecule has 1 amide bonds. The smallest absolute Gasteiger partial charge is 0.404 e. The lowest BCUT2D eigenvalue weighted by molar-refractivity contribution is 0.143. The van der Waals surface area contributed by atoms with E-state index in [4.69, 9.17) is 10.5 Å². The van der Waals surface area contributed by atoms with Gasteiger partial charge >= 0.3 is 6.09 Å². The Morgan fingerprint density at radius 2 is 2.50 bits per heavy atom. The van der Waals surface area contributed by atoms with Crippen molar-refractivity contribution >= 4 is 6.09 Å². The van der Waals surface area contributed by atoms with Crippen molar-refractivity contribution in [1.29, 1.82) is 0 Å². The van der Waals surface area contributed by atoms with Gasteiger partial charge in [0.2, 0.25) is 0 Å². The summed E-state index contributed by atoms with van der Waals surface area (Å²) in [6.45, 7) is 2.12. The molecule has 0 aromatic carbocycles. The summed E-state index contributed by atoms with van der Waals surface area (Å²) in [6, 6.07) is 0.